The van der Waals surface area contributed by atoms with Crippen molar-refractivity contribution in [1.82, 2.24) is 14.1 Å². The summed E-state index contributed by atoms with van der Waals surface area (Å²) >= 11 is 0. The Bertz CT molecular complexity index is 1300. The summed E-state index contributed by atoms with van der Waals surface area (Å²) < 4.78 is 32.2. The Kier molecular flexibility index (Phi) is 6.59. The molecule has 0 spiro atoms. The number of carbonyl (C=O) groups is 4. The molecular weight excluding hydrogens is 476 g/mol. The lowest BCUT2D eigenvalue weighted by atomic mass is 10.1. The van der Waals surface area contributed by atoms with Gasteiger partial charge in [0.05, 0.1) is 28.3 Å². The monoisotopic (exact) mass is 500 g/mol. The van der Waals surface area contributed by atoms with E-state index in [2.05, 4.69) is 5.32 Å². The molecular formula is C23H24N4O7S. The molecule has 4 rings (SSSR count). The number of sulfonamides is 1. The van der Waals surface area contributed by atoms with Crippen LogP contribution in [0.4, 0.5) is 10.5 Å². The van der Waals surface area contributed by atoms with Gasteiger partial charge in [0.25, 0.3) is 17.7 Å². The largest absolute Gasteiger partial charge is 0.450 e. The molecule has 0 radical (unpaired) electrons. The van der Waals surface area contributed by atoms with E-state index >= 15 is 0 Å². The molecule has 1 saturated heterocycles. The highest BCUT2D eigenvalue weighted by Crippen LogP contribution is 2.29. The lowest BCUT2D eigenvalue weighted by Gasteiger charge is -2.33. The molecule has 0 aliphatic carbocycles. The number of rotatable bonds is 5. The first-order chi connectivity index (χ1) is 16.6. The van der Waals surface area contributed by atoms with E-state index in [-0.39, 0.29) is 60.1 Å². The second-order valence-electron chi connectivity index (χ2n) is 7.97. The summed E-state index contributed by atoms with van der Waals surface area (Å²) in [5, 5.41) is 2.63. The molecule has 35 heavy (non-hydrogen) atoms. The first-order valence-corrected chi connectivity index (χ1v) is 12.4. The van der Waals surface area contributed by atoms with Crippen molar-refractivity contribution in [3.8, 4) is 0 Å². The smallest absolute Gasteiger partial charge is 0.409 e. The third kappa shape index (κ3) is 4.49. The summed E-state index contributed by atoms with van der Waals surface area (Å²) in [6.07, 6.45) is -0.471. The zero-order valence-electron chi connectivity index (χ0n) is 19.2. The van der Waals surface area contributed by atoms with E-state index in [0.717, 1.165) is 4.90 Å². The van der Waals surface area contributed by atoms with Crippen LogP contribution >= 0.6 is 0 Å². The van der Waals surface area contributed by atoms with Gasteiger partial charge in [-0.2, -0.15) is 4.31 Å². The molecule has 4 amide bonds. The molecule has 12 heteroatoms. The van der Waals surface area contributed by atoms with Crippen LogP contribution in [-0.4, -0.2) is 86.2 Å². The fraction of sp³-hybridized carbons (Fsp3) is 0.304. The molecule has 2 aromatic rings. The lowest BCUT2D eigenvalue weighted by molar-refractivity contribution is 0.0693. The summed E-state index contributed by atoms with van der Waals surface area (Å²) in [4.78, 5) is 51.6. The Morgan fingerprint density at radius 1 is 0.971 bits per heavy atom. The van der Waals surface area contributed by atoms with E-state index in [1.54, 1.807) is 13.0 Å². The molecule has 0 aromatic heterocycles. The summed E-state index contributed by atoms with van der Waals surface area (Å²) in [6.45, 7) is 2.64. The normalized spacial score (nSPS) is 16.3. The van der Waals surface area contributed by atoms with Crippen LogP contribution < -0.4 is 5.32 Å². The molecule has 2 aliphatic rings. The maximum Gasteiger partial charge on any atom is 0.409 e. The molecule has 2 heterocycles. The number of amides is 4. The van der Waals surface area contributed by atoms with E-state index in [1.807, 2.05) is 0 Å². The minimum absolute atomic E-state index is 0.0154. The Morgan fingerprint density at radius 3 is 2.26 bits per heavy atom. The summed E-state index contributed by atoms with van der Waals surface area (Å²) in [7, 11) is -2.45. The number of hydrogen-bond acceptors (Lipinski definition) is 7. The van der Waals surface area contributed by atoms with Gasteiger partial charge < -0.3 is 15.0 Å². The number of benzene rings is 2. The number of anilines is 1. The molecule has 0 saturated carbocycles. The van der Waals surface area contributed by atoms with Crippen LogP contribution in [-0.2, 0) is 14.8 Å². The van der Waals surface area contributed by atoms with Crippen molar-refractivity contribution in [2.45, 2.75) is 11.8 Å². The first kappa shape index (κ1) is 24.4. The van der Waals surface area contributed by atoms with Crippen molar-refractivity contribution in [2.75, 3.05) is 45.2 Å². The molecule has 0 bridgehead atoms. The molecule has 1 fully saturated rings. The maximum atomic E-state index is 13.0. The van der Waals surface area contributed by atoms with Crippen LogP contribution in [0.2, 0.25) is 0 Å². The summed E-state index contributed by atoms with van der Waals surface area (Å²) in [5.74, 6) is -1.51. The lowest BCUT2D eigenvalue weighted by Crippen LogP contribution is -2.50. The fourth-order valence-electron chi connectivity index (χ4n) is 3.95. The van der Waals surface area contributed by atoms with Crippen LogP contribution in [0.1, 0.15) is 38.0 Å². The van der Waals surface area contributed by atoms with E-state index < -0.39 is 33.8 Å². The highest BCUT2D eigenvalue weighted by molar-refractivity contribution is 7.89. The second kappa shape index (κ2) is 9.47. The number of piperazine rings is 1. The van der Waals surface area contributed by atoms with Gasteiger partial charge in [-0.25, -0.2) is 13.2 Å². The molecule has 2 aliphatic heterocycles. The van der Waals surface area contributed by atoms with Crippen molar-refractivity contribution in [3.05, 3.63) is 59.2 Å². The highest BCUT2D eigenvalue weighted by Gasteiger charge is 2.35. The molecule has 11 nitrogen and oxygen atoms in total. The maximum absolute atomic E-state index is 13.0. The minimum Gasteiger partial charge on any atom is -0.450 e. The van der Waals surface area contributed by atoms with Gasteiger partial charge in [0.1, 0.15) is 0 Å². The average Bonchev–Trinajstić information content (AvgIpc) is 3.09. The standard InChI is InChI=1S/C23H24N4O7S/c1-3-34-23(31)26-11-13-27(14-12-26)35(32,33)16-9-7-15(8-10-16)20(28)24-18-6-4-5-17-19(18)22(30)25(2)21(17)29/h4-10H,3,11-14H2,1-2H3,(H,24,28). The molecule has 0 atom stereocenters. The van der Waals surface area contributed by atoms with Gasteiger partial charge in [0, 0.05) is 38.8 Å². The Labute approximate surface area is 202 Å². The Balaban J connectivity index is 1.45. The predicted molar refractivity (Wildman–Crippen MR) is 125 cm³/mol. The first-order valence-electron chi connectivity index (χ1n) is 10.9. The number of fused-ring (bicyclic) bond motifs is 1. The van der Waals surface area contributed by atoms with Gasteiger partial charge in [0.15, 0.2) is 0 Å². The van der Waals surface area contributed by atoms with Gasteiger partial charge in [-0.1, -0.05) is 6.07 Å². The molecule has 2 aromatic carbocycles. The average molecular weight is 501 g/mol. The van der Waals surface area contributed by atoms with E-state index in [9.17, 15) is 27.6 Å². The zero-order chi connectivity index (χ0) is 25.3. The number of hydrogen-bond donors (Lipinski definition) is 1. The van der Waals surface area contributed by atoms with Gasteiger partial charge in [-0.05, 0) is 43.3 Å². The third-order valence-electron chi connectivity index (χ3n) is 5.89. The number of imide groups is 1. The SMILES string of the molecule is CCOC(=O)N1CCN(S(=O)(=O)c2ccc(C(=O)Nc3cccc4c3C(=O)N(C)C4=O)cc2)CC1. The van der Waals surface area contributed by atoms with E-state index in [0.29, 0.717) is 0 Å². The van der Waals surface area contributed by atoms with Crippen molar-refractivity contribution in [1.29, 1.82) is 0 Å². The quantitative estimate of drug-likeness (QED) is 0.617. The molecule has 1 N–H and O–H groups in total. The van der Waals surface area contributed by atoms with Gasteiger partial charge >= 0.3 is 6.09 Å². The Hall–Kier alpha value is -3.77. The minimum atomic E-state index is -3.82. The van der Waals surface area contributed by atoms with Crippen LogP contribution in [0.15, 0.2) is 47.4 Å². The zero-order valence-corrected chi connectivity index (χ0v) is 20.0. The van der Waals surface area contributed by atoms with Crippen LogP contribution in [0.3, 0.4) is 0 Å². The number of nitrogens with one attached hydrogen (secondary N) is 1. The van der Waals surface area contributed by atoms with Crippen molar-refractivity contribution >= 4 is 39.5 Å². The molecule has 0 unspecified atom stereocenters. The van der Waals surface area contributed by atoms with Crippen LogP contribution in [0.5, 0.6) is 0 Å². The molecule has 184 valence electrons. The van der Waals surface area contributed by atoms with Gasteiger partial charge in [-0.15, -0.1) is 0 Å². The van der Waals surface area contributed by atoms with Crippen molar-refractivity contribution in [2.24, 2.45) is 0 Å². The number of carbonyl (C=O) groups excluding carboxylic acids is 4. The fourth-order valence-corrected chi connectivity index (χ4v) is 5.38. The summed E-state index contributed by atoms with van der Waals surface area (Å²) in [6, 6.07) is 10.0. The van der Waals surface area contributed by atoms with E-state index in [4.69, 9.17) is 4.74 Å². The van der Waals surface area contributed by atoms with Gasteiger partial charge in [-0.3, -0.25) is 19.3 Å². The van der Waals surface area contributed by atoms with Crippen LogP contribution in [0.25, 0.3) is 0 Å². The highest BCUT2D eigenvalue weighted by atomic mass is 32.2. The van der Waals surface area contributed by atoms with Crippen LogP contribution in [0, 0.1) is 0 Å². The summed E-state index contributed by atoms with van der Waals surface area (Å²) in [5.41, 5.74) is 0.708. The number of nitrogens with zero attached hydrogens (tertiary/aromatic N) is 3. The van der Waals surface area contributed by atoms with Gasteiger partial charge in [0.2, 0.25) is 10.0 Å². The predicted octanol–water partition coefficient (Wildman–Crippen LogP) is 1.63. The van der Waals surface area contributed by atoms with E-state index in [1.165, 1.54) is 52.7 Å². The number of ether oxygens (including phenoxy) is 1. The van der Waals surface area contributed by atoms with Crippen molar-refractivity contribution in [3.63, 3.8) is 0 Å². The second-order valence-corrected chi connectivity index (χ2v) is 9.90. The Morgan fingerprint density at radius 2 is 1.63 bits per heavy atom. The topological polar surface area (TPSA) is 133 Å². The van der Waals surface area contributed by atoms with Crippen molar-refractivity contribution < 1.29 is 32.3 Å². The third-order valence-corrected chi connectivity index (χ3v) is 7.80.